The third-order valence-corrected chi connectivity index (χ3v) is 2.72. The number of rotatable bonds is 6. The van der Waals surface area contributed by atoms with Crippen LogP contribution in [0.5, 0.6) is 5.88 Å². The maximum atomic E-state index is 10.2. The lowest BCUT2D eigenvalue weighted by atomic mass is 10.1. The van der Waals surface area contributed by atoms with Gasteiger partial charge in [0.2, 0.25) is 5.88 Å². The highest BCUT2D eigenvalue weighted by Crippen LogP contribution is 2.17. The molecule has 0 aliphatic rings. The van der Waals surface area contributed by atoms with Gasteiger partial charge < -0.3 is 9.84 Å². The number of aliphatic hydroxyl groups is 1. The van der Waals surface area contributed by atoms with E-state index in [0.29, 0.717) is 18.0 Å². The van der Waals surface area contributed by atoms with Crippen LogP contribution in [0, 0.1) is 0 Å². The molecule has 1 N–H and O–H groups in total. The van der Waals surface area contributed by atoms with Crippen LogP contribution < -0.4 is 4.74 Å². The number of methoxy groups -OCH3 is 1. The monoisotopic (exact) mass is 263 g/mol. The second-order valence-electron chi connectivity index (χ2n) is 4.10. The Hall–Kier alpha value is -2.02. The van der Waals surface area contributed by atoms with Gasteiger partial charge in [-0.3, -0.25) is 4.68 Å². The number of hydrogen-bond donors (Lipinski definition) is 1. The summed E-state index contributed by atoms with van der Waals surface area (Å²) in [7, 11) is 1.52. The number of nitrogens with zero attached hydrogens (tertiary/aromatic N) is 5. The second kappa shape index (κ2) is 6.24. The van der Waals surface area contributed by atoms with Gasteiger partial charge in [-0.05, 0) is 6.42 Å². The van der Waals surface area contributed by atoms with Crippen molar-refractivity contribution < 1.29 is 9.84 Å². The first-order valence-electron chi connectivity index (χ1n) is 6.15. The van der Waals surface area contributed by atoms with Crippen molar-refractivity contribution in [2.24, 2.45) is 0 Å². The smallest absolute Gasteiger partial charge is 0.216 e. The SMILES string of the molecule is CCCn1ncnc1CC(O)c1cc(OC)ncn1. The van der Waals surface area contributed by atoms with Crippen LogP contribution in [-0.4, -0.2) is 36.9 Å². The van der Waals surface area contributed by atoms with Crippen LogP contribution in [0.2, 0.25) is 0 Å². The van der Waals surface area contributed by atoms with E-state index >= 15 is 0 Å². The molecule has 0 aliphatic heterocycles. The van der Waals surface area contributed by atoms with E-state index in [2.05, 4.69) is 27.0 Å². The van der Waals surface area contributed by atoms with Crippen molar-refractivity contribution in [1.29, 1.82) is 0 Å². The maximum absolute atomic E-state index is 10.2. The highest BCUT2D eigenvalue weighted by Gasteiger charge is 2.15. The zero-order chi connectivity index (χ0) is 13.7. The lowest BCUT2D eigenvalue weighted by molar-refractivity contribution is 0.168. The normalized spacial score (nSPS) is 12.4. The summed E-state index contributed by atoms with van der Waals surface area (Å²) in [5.74, 6) is 1.17. The van der Waals surface area contributed by atoms with Crippen LogP contribution in [0.1, 0.15) is 31.0 Å². The van der Waals surface area contributed by atoms with Gasteiger partial charge in [-0.15, -0.1) is 0 Å². The van der Waals surface area contributed by atoms with Gasteiger partial charge in [0, 0.05) is 19.0 Å². The van der Waals surface area contributed by atoms with E-state index in [0.717, 1.165) is 18.8 Å². The van der Waals surface area contributed by atoms with Crippen molar-refractivity contribution in [3.05, 3.63) is 30.2 Å². The predicted molar refractivity (Wildman–Crippen MR) is 67.6 cm³/mol. The molecule has 7 heteroatoms. The van der Waals surface area contributed by atoms with Gasteiger partial charge >= 0.3 is 0 Å². The Bertz CT molecular complexity index is 528. The van der Waals surface area contributed by atoms with Crippen LogP contribution in [0.25, 0.3) is 0 Å². The maximum Gasteiger partial charge on any atom is 0.216 e. The molecule has 2 rings (SSSR count). The third-order valence-electron chi connectivity index (χ3n) is 2.72. The first-order valence-corrected chi connectivity index (χ1v) is 6.15. The van der Waals surface area contributed by atoms with Gasteiger partial charge in [0.25, 0.3) is 0 Å². The first-order chi connectivity index (χ1) is 9.24. The minimum Gasteiger partial charge on any atom is -0.481 e. The Morgan fingerprint density at radius 1 is 1.32 bits per heavy atom. The topological polar surface area (TPSA) is 86.0 Å². The molecule has 2 heterocycles. The van der Waals surface area contributed by atoms with Crippen LogP contribution in [0.15, 0.2) is 18.7 Å². The average Bonchev–Trinajstić information content (AvgIpc) is 2.86. The van der Waals surface area contributed by atoms with Crippen LogP contribution in [0.3, 0.4) is 0 Å². The fourth-order valence-electron chi connectivity index (χ4n) is 1.77. The summed E-state index contributed by atoms with van der Waals surface area (Å²) >= 11 is 0. The molecule has 0 saturated carbocycles. The Balaban J connectivity index is 2.11. The molecule has 0 aromatic carbocycles. The largest absolute Gasteiger partial charge is 0.481 e. The third kappa shape index (κ3) is 3.25. The zero-order valence-electron chi connectivity index (χ0n) is 11.0. The highest BCUT2D eigenvalue weighted by molar-refractivity contribution is 5.16. The van der Waals surface area contributed by atoms with Gasteiger partial charge in [0.1, 0.15) is 24.6 Å². The number of ether oxygens (including phenoxy) is 1. The van der Waals surface area contributed by atoms with Crippen molar-refractivity contribution in [3.63, 3.8) is 0 Å². The molecule has 102 valence electrons. The molecular formula is C12H17N5O2. The van der Waals surface area contributed by atoms with Crippen molar-refractivity contribution in [3.8, 4) is 5.88 Å². The summed E-state index contributed by atoms with van der Waals surface area (Å²) in [5, 5.41) is 14.3. The molecule has 2 aromatic heterocycles. The number of aliphatic hydroxyl groups excluding tert-OH is 1. The molecule has 0 aliphatic carbocycles. The van der Waals surface area contributed by atoms with E-state index in [-0.39, 0.29) is 0 Å². The zero-order valence-corrected chi connectivity index (χ0v) is 11.0. The van der Waals surface area contributed by atoms with Crippen molar-refractivity contribution in [1.82, 2.24) is 24.7 Å². The Kier molecular flexibility index (Phi) is 4.40. The Labute approximate surface area is 111 Å². The molecule has 19 heavy (non-hydrogen) atoms. The number of aryl methyl sites for hydroxylation is 1. The van der Waals surface area contributed by atoms with Gasteiger partial charge in [-0.2, -0.15) is 5.10 Å². The fraction of sp³-hybridized carbons (Fsp3) is 0.500. The van der Waals surface area contributed by atoms with E-state index in [9.17, 15) is 5.11 Å². The van der Waals surface area contributed by atoms with Gasteiger partial charge in [-0.25, -0.2) is 15.0 Å². The lowest BCUT2D eigenvalue weighted by Crippen LogP contribution is -2.11. The van der Waals surface area contributed by atoms with E-state index in [4.69, 9.17) is 4.74 Å². The summed E-state index contributed by atoms with van der Waals surface area (Å²) < 4.78 is 6.80. The summed E-state index contributed by atoms with van der Waals surface area (Å²) in [5.41, 5.74) is 0.512. The number of aromatic nitrogens is 5. The number of hydrogen-bond acceptors (Lipinski definition) is 6. The lowest BCUT2D eigenvalue weighted by Gasteiger charge is -2.11. The predicted octanol–water partition coefficient (Wildman–Crippen LogP) is 0.763. The Morgan fingerprint density at radius 3 is 2.89 bits per heavy atom. The standard InChI is InChI=1S/C12H17N5O2/c1-3-4-17-11(14-8-16-17)6-10(18)9-5-12(19-2)15-7-13-9/h5,7-8,10,18H,3-4,6H2,1-2H3. The molecule has 0 saturated heterocycles. The summed E-state index contributed by atoms with van der Waals surface area (Å²) in [6.07, 6.45) is 3.44. The van der Waals surface area contributed by atoms with Crippen molar-refractivity contribution in [2.75, 3.05) is 7.11 Å². The summed E-state index contributed by atoms with van der Waals surface area (Å²) in [6.45, 7) is 2.85. The molecular weight excluding hydrogens is 246 g/mol. The molecule has 2 aromatic rings. The minimum absolute atomic E-state index is 0.361. The average molecular weight is 263 g/mol. The molecule has 0 spiro atoms. The van der Waals surface area contributed by atoms with Crippen molar-refractivity contribution >= 4 is 0 Å². The van der Waals surface area contributed by atoms with Gasteiger partial charge in [0.15, 0.2) is 0 Å². The van der Waals surface area contributed by atoms with E-state index in [1.807, 2.05) is 0 Å². The van der Waals surface area contributed by atoms with Crippen molar-refractivity contribution in [2.45, 2.75) is 32.4 Å². The quantitative estimate of drug-likeness (QED) is 0.828. The van der Waals surface area contributed by atoms with Gasteiger partial charge in [-0.1, -0.05) is 6.92 Å². The fourth-order valence-corrected chi connectivity index (χ4v) is 1.77. The molecule has 7 nitrogen and oxygen atoms in total. The van der Waals surface area contributed by atoms with E-state index in [1.54, 1.807) is 10.7 Å². The molecule has 0 radical (unpaired) electrons. The summed E-state index contributed by atoms with van der Waals surface area (Å²) in [4.78, 5) is 12.1. The summed E-state index contributed by atoms with van der Waals surface area (Å²) in [6, 6.07) is 1.62. The molecule has 0 bridgehead atoms. The van der Waals surface area contributed by atoms with Gasteiger partial charge in [0.05, 0.1) is 12.8 Å². The van der Waals surface area contributed by atoms with Crippen LogP contribution >= 0.6 is 0 Å². The molecule has 0 amide bonds. The van der Waals surface area contributed by atoms with E-state index in [1.165, 1.54) is 19.8 Å². The Morgan fingerprint density at radius 2 is 2.16 bits per heavy atom. The molecule has 0 fully saturated rings. The highest BCUT2D eigenvalue weighted by atomic mass is 16.5. The first kappa shape index (κ1) is 13.4. The van der Waals surface area contributed by atoms with E-state index < -0.39 is 6.10 Å². The van der Waals surface area contributed by atoms with Crippen LogP contribution in [-0.2, 0) is 13.0 Å². The molecule has 1 unspecified atom stereocenters. The van der Waals surface area contributed by atoms with Crippen LogP contribution in [0.4, 0.5) is 0 Å². The molecule has 1 atom stereocenters. The second-order valence-corrected chi connectivity index (χ2v) is 4.10. The minimum atomic E-state index is -0.753.